The number of carbonyl (C=O) groups is 1. The summed E-state index contributed by atoms with van der Waals surface area (Å²) in [6.07, 6.45) is 0.417. The molecule has 1 atom stereocenters. The molecule has 0 fully saturated rings. The van der Waals surface area contributed by atoms with Crippen LogP contribution >= 0.6 is 11.3 Å². The molecule has 0 N–H and O–H groups in total. The number of aryl methyl sites for hydroxylation is 2. The molecule has 36 heavy (non-hydrogen) atoms. The quantitative estimate of drug-likeness (QED) is 0.176. The van der Waals surface area contributed by atoms with Gasteiger partial charge in [0.2, 0.25) is 0 Å². The summed E-state index contributed by atoms with van der Waals surface area (Å²) in [5.41, 5.74) is 1.22. The third-order valence-electron chi connectivity index (χ3n) is 6.14. The van der Waals surface area contributed by atoms with Crippen molar-refractivity contribution >= 4 is 27.4 Å². The summed E-state index contributed by atoms with van der Waals surface area (Å²) in [5.74, 6) is 0.920. The van der Waals surface area contributed by atoms with Gasteiger partial charge in [0.25, 0.3) is 0 Å². The standard InChI is InChI=1S/C28H33F3O4S/c1-5-7-9-20(27-19(4)23-12-10-21(28(29,30)31)17-25(23)36-27)14-15-33-22-11-13-24(18(3)16-22)34-35-26(32)8-6-2/h10-13,16-17,20H,5-9,14-15H2,1-4H3. The molecule has 1 unspecified atom stereocenters. The maximum absolute atomic E-state index is 13.2. The maximum atomic E-state index is 13.2. The number of fused-ring (bicyclic) bond motifs is 1. The van der Waals surface area contributed by atoms with Gasteiger partial charge in [-0.1, -0.05) is 32.8 Å². The van der Waals surface area contributed by atoms with Crippen LogP contribution in [0.5, 0.6) is 11.5 Å². The number of thiophene rings is 1. The normalized spacial score (nSPS) is 12.5. The molecule has 1 heterocycles. The van der Waals surface area contributed by atoms with Crippen LogP contribution in [0.2, 0.25) is 0 Å². The summed E-state index contributed by atoms with van der Waals surface area (Å²) in [4.78, 5) is 22.6. The molecule has 0 aliphatic heterocycles. The predicted molar refractivity (Wildman–Crippen MR) is 137 cm³/mol. The molecule has 2 aromatic carbocycles. The zero-order valence-electron chi connectivity index (χ0n) is 21.2. The Morgan fingerprint density at radius 3 is 2.47 bits per heavy atom. The van der Waals surface area contributed by atoms with Crippen LogP contribution in [0.3, 0.4) is 0 Å². The fourth-order valence-corrected chi connectivity index (χ4v) is 5.55. The van der Waals surface area contributed by atoms with Crippen LogP contribution in [0.15, 0.2) is 36.4 Å². The molecule has 0 bridgehead atoms. The fraction of sp³-hybridized carbons (Fsp3) is 0.464. The molecule has 196 valence electrons. The summed E-state index contributed by atoms with van der Waals surface area (Å²) in [6.45, 7) is 8.33. The van der Waals surface area contributed by atoms with E-state index in [0.29, 0.717) is 35.6 Å². The lowest BCUT2D eigenvalue weighted by molar-refractivity contribution is -0.214. The van der Waals surface area contributed by atoms with Gasteiger partial charge in [0.05, 0.1) is 12.2 Å². The Hall–Kier alpha value is -2.74. The number of rotatable bonds is 12. The van der Waals surface area contributed by atoms with E-state index in [1.54, 1.807) is 18.2 Å². The van der Waals surface area contributed by atoms with Gasteiger partial charge in [-0.25, -0.2) is 4.79 Å². The van der Waals surface area contributed by atoms with Gasteiger partial charge < -0.3 is 4.74 Å². The number of hydrogen-bond acceptors (Lipinski definition) is 5. The van der Waals surface area contributed by atoms with Gasteiger partial charge in [-0.05, 0) is 80.3 Å². The van der Waals surface area contributed by atoms with Crippen LogP contribution in [0.25, 0.3) is 10.1 Å². The van der Waals surface area contributed by atoms with Crippen molar-refractivity contribution in [3.05, 3.63) is 58.0 Å². The molecule has 4 nitrogen and oxygen atoms in total. The van der Waals surface area contributed by atoms with Gasteiger partial charge in [-0.2, -0.15) is 13.2 Å². The molecule has 0 radical (unpaired) electrons. The van der Waals surface area contributed by atoms with E-state index in [0.717, 1.165) is 53.1 Å². The van der Waals surface area contributed by atoms with Crippen LogP contribution in [0.1, 0.15) is 79.9 Å². The van der Waals surface area contributed by atoms with Crippen molar-refractivity contribution in [1.82, 2.24) is 0 Å². The Morgan fingerprint density at radius 2 is 1.81 bits per heavy atom. The lowest BCUT2D eigenvalue weighted by Gasteiger charge is -2.17. The summed E-state index contributed by atoms with van der Waals surface area (Å²) in [5, 5.41) is 0.885. The average molecular weight is 523 g/mol. The first-order chi connectivity index (χ1) is 17.1. The molecule has 3 rings (SSSR count). The molecular formula is C28H33F3O4S. The molecule has 1 aromatic heterocycles. The smallest absolute Gasteiger partial charge is 0.416 e. The van der Waals surface area contributed by atoms with E-state index in [1.165, 1.54) is 17.4 Å². The summed E-state index contributed by atoms with van der Waals surface area (Å²) < 4.78 is 46.3. The van der Waals surface area contributed by atoms with Crippen molar-refractivity contribution in [3.8, 4) is 11.5 Å². The minimum Gasteiger partial charge on any atom is -0.494 e. The van der Waals surface area contributed by atoms with Gasteiger partial charge in [-0.3, -0.25) is 9.78 Å². The van der Waals surface area contributed by atoms with Crippen LogP contribution in [-0.4, -0.2) is 12.6 Å². The summed E-state index contributed by atoms with van der Waals surface area (Å²) in [6, 6.07) is 9.31. The van der Waals surface area contributed by atoms with Gasteiger partial charge in [0.1, 0.15) is 5.75 Å². The van der Waals surface area contributed by atoms with Gasteiger partial charge in [-0.15, -0.1) is 11.3 Å². The van der Waals surface area contributed by atoms with E-state index in [9.17, 15) is 18.0 Å². The van der Waals surface area contributed by atoms with Crippen LogP contribution < -0.4 is 9.62 Å². The minimum absolute atomic E-state index is 0.207. The van der Waals surface area contributed by atoms with Gasteiger partial charge in [0.15, 0.2) is 5.75 Å². The van der Waals surface area contributed by atoms with Crippen molar-refractivity contribution in [2.75, 3.05) is 6.61 Å². The lowest BCUT2D eigenvalue weighted by atomic mass is 9.94. The molecule has 0 saturated heterocycles. The third kappa shape index (κ3) is 7.15. The lowest BCUT2D eigenvalue weighted by Crippen LogP contribution is -2.08. The van der Waals surface area contributed by atoms with Crippen LogP contribution in [-0.2, 0) is 15.9 Å². The largest absolute Gasteiger partial charge is 0.494 e. The van der Waals surface area contributed by atoms with Gasteiger partial charge >= 0.3 is 12.1 Å². The topological polar surface area (TPSA) is 44.8 Å². The highest BCUT2D eigenvalue weighted by Gasteiger charge is 2.31. The zero-order valence-corrected chi connectivity index (χ0v) is 22.0. The zero-order chi connectivity index (χ0) is 26.3. The number of unbranched alkanes of at least 4 members (excludes halogenated alkanes) is 1. The van der Waals surface area contributed by atoms with Crippen molar-refractivity contribution < 1.29 is 32.5 Å². The first-order valence-electron chi connectivity index (χ1n) is 12.3. The molecule has 3 aromatic rings. The Balaban J connectivity index is 1.68. The molecule has 0 aliphatic carbocycles. The monoisotopic (exact) mass is 522 g/mol. The third-order valence-corrected chi connectivity index (χ3v) is 7.56. The second-order valence-electron chi connectivity index (χ2n) is 8.99. The Labute approximate surface area is 214 Å². The highest BCUT2D eigenvalue weighted by atomic mass is 32.1. The van der Waals surface area contributed by atoms with E-state index >= 15 is 0 Å². The van der Waals surface area contributed by atoms with E-state index in [-0.39, 0.29) is 5.92 Å². The van der Waals surface area contributed by atoms with E-state index in [1.807, 2.05) is 26.8 Å². The molecule has 0 amide bonds. The number of alkyl halides is 3. The highest BCUT2D eigenvalue weighted by molar-refractivity contribution is 7.19. The predicted octanol–water partition coefficient (Wildman–Crippen LogP) is 8.92. The molecule has 0 saturated carbocycles. The number of halogens is 3. The van der Waals surface area contributed by atoms with Crippen molar-refractivity contribution in [2.45, 2.75) is 78.3 Å². The minimum atomic E-state index is -4.35. The second-order valence-corrected chi connectivity index (χ2v) is 10.1. The second kappa shape index (κ2) is 12.5. The van der Waals surface area contributed by atoms with Gasteiger partial charge in [0, 0.05) is 21.6 Å². The number of carbonyl (C=O) groups excluding carboxylic acids is 1. The van der Waals surface area contributed by atoms with Crippen LogP contribution in [0.4, 0.5) is 13.2 Å². The Morgan fingerprint density at radius 1 is 1.03 bits per heavy atom. The SMILES string of the molecule is CCCCC(CCOc1ccc(OOC(=O)CCC)c(C)c1)c1sc2cc(C(F)(F)F)ccc2c1C. The van der Waals surface area contributed by atoms with E-state index in [4.69, 9.17) is 14.5 Å². The first-order valence-corrected chi connectivity index (χ1v) is 13.2. The van der Waals surface area contributed by atoms with E-state index in [2.05, 4.69) is 6.92 Å². The number of benzene rings is 2. The summed E-state index contributed by atoms with van der Waals surface area (Å²) >= 11 is 1.46. The van der Waals surface area contributed by atoms with Crippen molar-refractivity contribution in [3.63, 3.8) is 0 Å². The van der Waals surface area contributed by atoms with E-state index < -0.39 is 17.7 Å². The number of ether oxygens (including phenoxy) is 1. The van der Waals surface area contributed by atoms with Crippen molar-refractivity contribution in [1.29, 1.82) is 0 Å². The van der Waals surface area contributed by atoms with Crippen molar-refractivity contribution in [2.24, 2.45) is 0 Å². The van der Waals surface area contributed by atoms with Crippen LogP contribution in [0, 0.1) is 13.8 Å². The fourth-order valence-electron chi connectivity index (χ4n) is 4.13. The Kier molecular flexibility index (Phi) is 9.65. The molecular weight excluding hydrogens is 489 g/mol. The molecule has 0 spiro atoms. The Bertz CT molecular complexity index is 1170. The average Bonchev–Trinajstić information content (AvgIpc) is 3.16. The first kappa shape index (κ1) is 27.8. The number of hydrogen-bond donors (Lipinski definition) is 0. The maximum Gasteiger partial charge on any atom is 0.416 e. The summed E-state index contributed by atoms with van der Waals surface area (Å²) in [7, 11) is 0. The molecule has 8 heteroatoms. The molecule has 0 aliphatic rings. The highest BCUT2D eigenvalue weighted by Crippen LogP contribution is 2.41.